The number of nitrogens with zero attached hydrogens (tertiary/aromatic N) is 1. The van der Waals surface area contributed by atoms with E-state index in [1.165, 1.54) is 0 Å². The van der Waals surface area contributed by atoms with Crippen LogP contribution in [0.15, 0.2) is 63.1 Å². The van der Waals surface area contributed by atoms with Gasteiger partial charge in [0.05, 0.1) is 18.6 Å². The van der Waals surface area contributed by atoms with Crippen molar-refractivity contribution in [3.05, 3.63) is 81.2 Å². The van der Waals surface area contributed by atoms with Gasteiger partial charge < -0.3 is 19.6 Å². The molecule has 6 nitrogen and oxygen atoms in total. The highest BCUT2D eigenvalue weighted by molar-refractivity contribution is 5.89. The molecule has 0 spiro atoms. The Kier molecular flexibility index (Phi) is 3.85. The fourth-order valence-corrected chi connectivity index (χ4v) is 3.56. The quantitative estimate of drug-likeness (QED) is 0.753. The molecule has 0 aliphatic carbocycles. The van der Waals surface area contributed by atoms with Crippen LogP contribution >= 0.6 is 0 Å². The summed E-state index contributed by atoms with van der Waals surface area (Å²) in [7, 11) is 1.55. The summed E-state index contributed by atoms with van der Waals surface area (Å²) < 4.78 is 16.4. The van der Waals surface area contributed by atoms with E-state index in [4.69, 9.17) is 19.6 Å². The van der Waals surface area contributed by atoms with Crippen molar-refractivity contribution < 1.29 is 13.9 Å². The Labute approximate surface area is 155 Å². The van der Waals surface area contributed by atoms with Gasteiger partial charge in [0.1, 0.15) is 28.9 Å². The topological polar surface area (TPSA) is 98.5 Å². The molecule has 134 valence electrons. The van der Waals surface area contributed by atoms with E-state index in [1.54, 1.807) is 20.1 Å². The average Bonchev–Trinajstić information content (AvgIpc) is 2.65. The van der Waals surface area contributed by atoms with Crippen LogP contribution in [-0.2, 0) is 0 Å². The number of fused-ring (bicyclic) bond motifs is 2. The number of nitrogens with two attached hydrogens (primary N) is 1. The predicted molar refractivity (Wildman–Crippen MR) is 99.5 cm³/mol. The van der Waals surface area contributed by atoms with E-state index in [0.29, 0.717) is 22.8 Å². The monoisotopic (exact) mass is 360 g/mol. The van der Waals surface area contributed by atoms with Crippen LogP contribution in [0.4, 0.5) is 0 Å². The summed E-state index contributed by atoms with van der Waals surface area (Å²) in [6.45, 7) is 1.65. The molecule has 1 unspecified atom stereocenters. The number of aryl methyl sites for hydroxylation is 1. The Balaban J connectivity index is 2.15. The molecule has 2 N–H and O–H groups in total. The first-order valence-corrected chi connectivity index (χ1v) is 8.33. The largest absolute Gasteiger partial charge is 0.496 e. The minimum absolute atomic E-state index is 0.0324. The normalized spacial score (nSPS) is 15.8. The zero-order chi connectivity index (χ0) is 19.1. The lowest BCUT2D eigenvalue weighted by Crippen LogP contribution is -2.26. The number of allylic oxidation sites excluding steroid dienone is 1. The molecule has 1 atom stereocenters. The lowest BCUT2D eigenvalue weighted by atomic mass is 9.81. The van der Waals surface area contributed by atoms with Crippen molar-refractivity contribution in [3.63, 3.8) is 0 Å². The van der Waals surface area contributed by atoms with Crippen molar-refractivity contribution in [2.24, 2.45) is 5.73 Å². The first-order valence-electron chi connectivity index (χ1n) is 8.33. The minimum atomic E-state index is -0.753. The zero-order valence-electron chi connectivity index (χ0n) is 14.8. The third-order valence-corrected chi connectivity index (χ3v) is 4.70. The van der Waals surface area contributed by atoms with E-state index in [9.17, 15) is 10.1 Å². The van der Waals surface area contributed by atoms with Gasteiger partial charge in [-0.2, -0.15) is 5.26 Å². The molecule has 1 aliphatic rings. The van der Waals surface area contributed by atoms with Crippen LogP contribution in [0.3, 0.4) is 0 Å². The summed E-state index contributed by atoms with van der Waals surface area (Å²) in [4.78, 5) is 12.7. The Hall–Kier alpha value is -3.72. The molecule has 0 radical (unpaired) electrons. The summed E-state index contributed by atoms with van der Waals surface area (Å²) in [6, 6.07) is 15.1. The van der Waals surface area contributed by atoms with E-state index >= 15 is 0 Å². The number of hydrogen-bond acceptors (Lipinski definition) is 6. The number of rotatable bonds is 2. The minimum Gasteiger partial charge on any atom is -0.496 e. The molecule has 0 fully saturated rings. The van der Waals surface area contributed by atoms with Crippen LogP contribution < -0.4 is 20.8 Å². The number of ether oxygens (including phenoxy) is 2. The Morgan fingerprint density at radius 2 is 1.96 bits per heavy atom. The van der Waals surface area contributed by atoms with Crippen LogP contribution in [-0.4, -0.2) is 7.11 Å². The zero-order valence-corrected chi connectivity index (χ0v) is 14.8. The number of hydrogen-bond donors (Lipinski definition) is 1. The van der Waals surface area contributed by atoms with Gasteiger partial charge in [-0.1, -0.05) is 30.3 Å². The van der Waals surface area contributed by atoms with Crippen molar-refractivity contribution >= 4 is 10.8 Å². The van der Waals surface area contributed by atoms with E-state index in [0.717, 1.165) is 10.8 Å². The lowest BCUT2D eigenvalue weighted by Gasteiger charge is -2.27. The molecule has 27 heavy (non-hydrogen) atoms. The molecule has 1 aliphatic heterocycles. The molecule has 1 aromatic heterocycles. The van der Waals surface area contributed by atoms with Crippen molar-refractivity contribution in [1.82, 2.24) is 0 Å². The molecule has 2 aromatic carbocycles. The Morgan fingerprint density at radius 3 is 2.70 bits per heavy atom. The third kappa shape index (κ3) is 2.52. The highest BCUT2D eigenvalue weighted by Crippen LogP contribution is 2.46. The molecule has 0 saturated heterocycles. The van der Waals surface area contributed by atoms with E-state index < -0.39 is 11.5 Å². The molecule has 3 aromatic rings. The van der Waals surface area contributed by atoms with Gasteiger partial charge in [-0.15, -0.1) is 0 Å². The van der Waals surface area contributed by atoms with Crippen LogP contribution in [0.5, 0.6) is 11.5 Å². The molecule has 6 heteroatoms. The lowest BCUT2D eigenvalue weighted by molar-refractivity contribution is 0.368. The number of benzene rings is 2. The third-order valence-electron chi connectivity index (χ3n) is 4.70. The number of nitriles is 1. The van der Waals surface area contributed by atoms with Gasteiger partial charge in [0, 0.05) is 11.6 Å². The van der Waals surface area contributed by atoms with Gasteiger partial charge in [-0.3, -0.25) is 0 Å². The molecule has 0 bridgehead atoms. The highest BCUT2D eigenvalue weighted by atomic mass is 16.5. The predicted octanol–water partition coefficient (Wildman–Crippen LogP) is 3.33. The molecular formula is C21H16N2O4. The Morgan fingerprint density at radius 1 is 1.19 bits per heavy atom. The second kappa shape index (κ2) is 6.22. The van der Waals surface area contributed by atoms with Crippen LogP contribution in [0.25, 0.3) is 10.8 Å². The molecule has 0 amide bonds. The molecule has 0 saturated carbocycles. The molecule has 2 heterocycles. The van der Waals surface area contributed by atoms with E-state index in [2.05, 4.69) is 6.07 Å². The standard InChI is InChI=1S/C21H16N2O4/c1-11-9-16-19(21(24)26-11)18(14(10-22)20(23)27-16)17-13-6-4-3-5-12(13)7-8-15(17)25-2/h3-9,18H,23H2,1-2H3. The maximum Gasteiger partial charge on any atom is 0.343 e. The van der Waals surface area contributed by atoms with Crippen molar-refractivity contribution in [1.29, 1.82) is 5.26 Å². The summed E-state index contributed by atoms with van der Waals surface area (Å²) >= 11 is 0. The molecule has 4 rings (SSSR count). The van der Waals surface area contributed by atoms with Crippen LogP contribution in [0.2, 0.25) is 0 Å². The van der Waals surface area contributed by atoms with Gasteiger partial charge in [0.25, 0.3) is 0 Å². The van der Waals surface area contributed by atoms with Crippen molar-refractivity contribution in [3.8, 4) is 17.6 Å². The second-order valence-electron chi connectivity index (χ2n) is 6.25. The average molecular weight is 360 g/mol. The van der Waals surface area contributed by atoms with Gasteiger partial charge >= 0.3 is 5.63 Å². The van der Waals surface area contributed by atoms with Gasteiger partial charge in [-0.05, 0) is 23.8 Å². The fraction of sp³-hybridized carbons (Fsp3) is 0.143. The van der Waals surface area contributed by atoms with Crippen LogP contribution in [0, 0.1) is 18.3 Å². The smallest absolute Gasteiger partial charge is 0.343 e. The molecular weight excluding hydrogens is 344 g/mol. The van der Waals surface area contributed by atoms with E-state index in [-0.39, 0.29) is 17.0 Å². The van der Waals surface area contributed by atoms with Gasteiger partial charge in [-0.25, -0.2) is 4.79 Å². The van der Waals surface area contributed by atoms with Gasteiger partial charge in [0.2, 0.25) is 5.88 Å². The first kappa shape index (κ1) is 16.7. The summed E-state index contributed by atoms with van der Waals surface area (Å²) in [5, 5.41) is 11.6. The highest BCUT2D eigenvalue weighted by Gasteiger charge is 2.36. The SMILES string of the molecule is COc1ccc2ccccc2c1C1C(C#N)=C(N)Oc2cc(C)oc(=O)c21. The van der Waals surface area contributed by atoms with Crippen molar-refractivity contribution in [2.45, 2.75) is 12.8 Å². The first-order chi connectivity index (χ1) is 13.0. The maximum absolute atomic E-state index is 12.7. The maximum atomic E-state index is 12.7. The van der Waals surface area contributed by atoms with Crippen molar-refractivity contribution in [2.75, 3.05) is 7.11 Å². The Bertz CT molecular complexity index is 1200. The number of methoxy groups -OCH3 is 1. The fourth-order valence-electron chi connectivity index (χ4n) is 3.56. The summed E-state index contributed by atoms with van der Waals surface area (Å²) in [6.07, 6.45) is 0. The summed E-state index contributed by atoms with van der Waals surface area (Å²) in [5.41, 5.74) is 6.52. The van der Waals surface area contributed by atoms with Gasteiger partial charge in [0.15, 0.2) is 0 Å². The van der Waals surface area contributed by atoms with Crippen LogP contribution in [0.1, 0.15) is 22.8 Å². The summed E-state index contributed by atoms with van der Waals surface area (Å²) in [5.74, 6) is 0.453. The van der Waals surface area contributed by atoms with E-state index in [1.807, 2.05) is 36.4 Å². The second-order valence-corrected chi connectivity index (χ2v) is 6.25.